The largest absolute Gasteiger partial charge is 0.486 e. The number of rotatable bonds is 3. The van der Waals surface area contributed by atoms with Crippen molar-refractivity contribution in [2.45, 2.75) is 13.5 Å². The molecule has 1 aromatic carbocycles. The number of halogens is 1. The Balaban J connectivity index is 1.53. The van der Waals surface area contributed by atoms with Crippen molar-refractivity contribution in [2.75, 3.05) is 13.2 Å². The molecule has 0 bridgehead atoms. The minimum atomic E-state index is -0.440. The van der Waals surface area contributed by atoms with Crippen molar-refractivity contribution >= 4 is 32.9 Å². The topological polar surface area (TPSA) is 75.5 Å². The summed E-state index contributed by atoms with van der Waals surface area (Å²) in [4.78, 5) is 16.7. The van der Waals surface area contributed by atoms with Crippen LogP contribution in [0.25, 0.3) is 11.0 Å². The summed E-state index contributed by atoms with van der Waals surface area (Å²) in [6.45, 7) is 3.02. The van der Waals surface area contributed by atoms with E-state index in [-0.39, 0.29) is 6.61 Å². The number of nitrogens with zero attached hydrogens (tertiary/aromatic N) is 3. The first-order valence-corrected chi connectivity index (χ1v) is 8.87. The van der Waals surface area contributed by atoms with Gasteiger partial charge < -0.3 is 14.2 Å². The fourth-order valence-corrected chi connectivity index (χ4v) is 3.30. The van der Waals surface area contributed by atoms with Crippen LogP contribution in [0, 0.1) is 6.92 Å². The second kappa shape index (κ2) is 6.60. The van der Waals surface area contributed by atoms with Crippen molar-refractivity contribution < 1.29 is 19.0 Å². The number of esters is 1. The summed E-state index contributed by atoms with van der Waals surface area (Å²) in [5.41, 5.74) is 2.74. The van der Waals surface area contributed by atoms with Gasteiger partial charge in [0.15, 0.2) is 17.1 Å². The van der Waals surface area contributed by atoms with Gasteiger partial charge >= 0.3 is 5.97 Å². The van der Waals surface area contributed by atoms with Crippen molar-refractivity contribution in [3.63, 3.8) is 0 Å². The Morgan fingerprint density at radius 2 is 2.00 bits per heavy atom. The molecule has 0 atom stereocenters. The number of aromatic nitrogens is 3. The van der Waals surface area contributed by atoms with Crippen LogP contribution >= 0.6 is 15.9 Å². The van der Waals surface area contributed by atoms with E-state index >= 15 is 0 Å². The van der Waals surface area contributed by atoms with Crippen LogP contribution in [0.3, 0.4) is 0 Å². The first-order valence-electron chi connectivity index (χ1n) is 8.07. The van der Waals surface area contributed by atoms with Crippen LogP contribution < -0.4 is 9.47 Å². The number of pyridine rings is 1. The molecule has 1 aliphatic heterocycles. The minimum Gasteiger partial charge on any atom is -0.486 e. The maximum Gasteiger partial charge on any atom is 0.340 e. The van der Waals surface area contributed by atoms with E-state index in [0.29, 0.717) is 30.3 Å². The molecule has 3 heterocycles. The van der Waals surface area contributed by atoms with Crippen LogP contribution in [0.4, 0.5) is 0 Å². The number of aryl methyl sites for hydroxylation is 2. The molecule has 0 unspecified atom stereocenters. The summed E-state index contributed by atoms with van der Waals surface area (Å²) in [6, 6.07) is 5.40. The van der Waals surface area contributed by atoms with Crippen molar-refractivity contribution in [3.05, 3.63) is 45.7 Å². The summed E-state index contributed by atoms with van der Waals surface area (Å²) in [7, 11) is 1.82. The van der Waals surface area contributed by atoms with Gasteiger partial charge in [-0.3, -0.25) is 4.68 Å². The van der Waals surface area contributed by atoms with Gasteiger partial charge in [-0.2, -0.15) is 5.10 Å². The number of fused-ring (bicyclic) bond motifs is 2. The molecule has 0 saturated carbocycles. The minimum absolute atomic E-state index is 0.111. The molecule has 2 aromatic heterocycles. The van der Waals surface area contributed by atoms with E-state index in [1.807, 2.05) is 26.1 Å². The fourth-order valence-electron chi connectivity index (χ4n) is 2.86. The van der Waals surface area contributed by atoms with Gasteiger partial charge in [-0.15, -0.1) is 0 Å². The van der Waals surface area contributed by atoms with Crippen LogP contribution in [0.1, 0.15) is 21.6 Å². The number of carbonyl (C=O) groups is 1. The van der Waals surface area contributed by atoms with Crippen LogP contribution in [-0.2, 0) is 18.4 Å². The Morgan fingerprint density at radius 1 is 1.27 bits per heavy atom. The molecule has 0 saturated heterocycles. The maximum atomic E-state index is 12.4. The molecule has 3 aromatic rings. The molecule has 0 radical (unpaired) electrons. The normalized spacial score (nSPS) is 13.0. The first-order chi connectivity index (χ1) is 12.5. The predicted octanol–water partition coefficient (Wildman–Crippen LogP) is 3.17. The fraction of sp³-hybridized carbons (Fsp3) is 0.278. The molecule has 0 aliphatic carbocycles. The summed E-state index contributed by atoms with van der Waals surface area (Å²) in [6.07, 6.45) is 1.50. The third-order valence-electron chi connectivity index (χ3n) is 4.17. The monoisotopic (exact) mass is 417 g/mol. The Bertz CT molecular complexity index is 1020. The molecule has 0 amide bonds. The zero-order valence-electron chi connectivity index (χ0n) is 14.3. The lowest BCUT2D eigenvalue weighted by Crippen LogP contribution is -2.15. The molecular formula is C18H16BrN3O4. The van der Waals surface area contributed by atoms with Crippen LogP contribution in [0.15, 0.2) is 28.9 Å². The highest BCUT2D eigenvalue weighted by molar-refractivity contribution is 9.10. The molecule has 26 heavy (non-hydrogen) atoms. The molecule has 1 aliphatic rings. The van der Waals surface area contributed by atoms with E-state index < -0.39 is 5.97 Å². The molecule has 0 N–H and O–H groups in total. The van der Waals surface area contributed by atoms with E-state index in [0.717, 1.165) is 26.8 Å². The van der Waals surface area contributed by atoms with Gasteiger partial charge in [0, 0.05) is 28.7 Å². The van der Waals surface area contributed by atoms with E-state index in [4.69, 9.17) is 14.2 Å². The van der Waals surface area contributed by atoms with Crippen LogP contribution in [-0.4, -0.2) is 33.9 Å². The highest BCUT2D eigenvalue weighted by atomic mass is 79.9. The van der Waals surface area contributed by atoms with Crippen LogP contribution in [0.2, 0.25) is 0 Å². The molecule has 0 fully saturated rings. The van der Waals surface area contributed by atoms with Crippen LogP contribution in [0.5, 0.6) is 11.5 Å². The molecule has 134 valence electrons. The predicted molar refractivity (Wildman–Crippen MR) is 97.5 cm³/mol. The molecule has 8 heteroatoms. The third-order valence-corrected chi connectivity index (χ3v) is 4.91. The molecule has 7 nitrogen and oxygen atoms in total. The number of carbonyl (C=O) groups excluding carboxylic acids is 1. The lowest BCUT2D eigenvalue weighted by Gasteiger charge is -2.19. The van der Waals surface area contributed by atoms with Crippen molar-refractivity contribution in [1.82, 2.24) is 14.8 Å². The standard InChI is InChI=1S/C18H16BrN3O4/c1-10-13-5-11(8-20-17(13)22(2)21-10)18(23)26-9-12-6-15-16(7-14(12)19)25-4-3-24-15/h5-8H,3-4,9H2,1-2H3. The summed E-state index contributed by atoms with van der Waals surface area (Å²) >= 11 is 3.48. The summed E-state index contributed by atoms with van der Waals surface area (Å²) < 4.78 is 19.0. The number of hydrogen-bond donors (Lipinski definition) is 0. The Labute approximate surface area is 158 Å². The lowest BCUT2D eigenvalue weighted by atomic mass is 10.2. The quantitative estimate of drug-likeness (QED) is 0.609. The SMILES string of the molecule is Cc1nn(C)c2ncc(C(=O)OCc3cc4c(cc3Br)OCCO4)cc12. The zero-order valence-corrected chi connectivity index (χ0v) is 15.9. The van der Waals surface area contributed by atoms with E-state index in [9.17, 15) is 4.79 Å². The van der Waals surface area contributed by atoms with Gasteiger partial charge in [-0.05, 0) is 25.1 Å². The van der Waals surface area contributed by atoms with Gasteiger partial charge in [0.05, 0.1) is 11.3 Å². The second-order valence-electron chi connectivity index (χ2n) is 5.97. The average Bonchev–Trinajstić information content (AvgIpc) is 2.93. The molecule has 4 rings (SSSR count). The number of hydrogen-bond acceptors (Lipinski definition) is 6. The summed E-state index contributed by atoms with van der Waals surface area (Å²) in [5, 5.41) is 5.14. The van der Waals surface area contributed by atoms with Crippen molar-refractivity contribution in [3.8, 4) is 11.5 Å². The van der Waals surface area contributed by atoms with Gasteiger partial charge in [-0.1, -0.05) is 15.9 Å². The number of ether oxygens (including phenoxy) is 3. The van der Waals surface area contributed by atoms with E-state index in [2.05, 4.69) is 26.0 Å². The van der Waals surface area contributed by atoms with Gasteiger partial charge in [0.2, 0.25) is 0 Å². The van der Waals surface area contributed by atoms with E-state index in [1.54, 1.807) is 10.7 Å². The lowest BCUT2D eigenvalue weighted by molar-refractivity contribution is 0.0471. The smallest absolute Gasteiger partial charge is 0.340 e. The van der Waals surface area contributed by atoms with Gasteiger partial charge in [0.1, 0.15) is 19.8 Å². The summed E-state index contributed by atoms with van der Waals surface area (Å²) in [5.74, 6) is 0.893. The highest BCUT2D eigenvalue weighted by Crippen LogP contribution is 2.35. The molecule has 0 spiro atoms. The van der Waals surface area contributed by atoms with E-state index in [1.165, 1.54) is 6.20 Å². The van der Waals surface area contributed by atoms with Gasteiger partial charge in [-0.25, -0.2) is 9.78 Å². The van der Waals surface area contributed by atoms with Crippen molar-refractivity contribution in [1.29, 1.82) is 0 Å². The second-order valence-corrected chi connectivity index (χ2v) is 6.82. The first kappa shape index (κ1) is 16.8. The maximum absolute atomic E-state index is 12.4. The number of benzene rings is 1. The Morgan fingerprint density at radius 3 is 2.77 bits per heavy atom. The van der Waals surface area contributed by atoms with Crippen molar-refractivity contribution in [2.24, 2.45) is 7.05 Å². The third kappa shape index (κ3) is 3.01. The Kier molecular flexibility index (Phi) is 4.28. The Hall–Kier alpha value is -2.61. The zero-order chi connectivity index (χ0) is 18.3. The average molecular weight is 418 g/mol. The highest BCUT2D eigenvalue weighted by Gasteiger charge is 2.17. The molecular weight excluding hydrogens is 402 g/mol. The van der Waals surface area contributed by atoms with Gasteiger partial charge in [0.25, 0.3) is 0 Å².